The van der Waals surface area contributed by atoms with Crippen LogP contribution in [0.4, 0.5) is 13.2 Å². The third kappa shape index (κ3) is 3.63. The summed E-state index contributed by atoms with van der Waals surface area (Å²) in [7, 11) is 0. The van der Waals surface area contributed by atoms with Crippen molar-refractivity contribution in [2.75, 3.05) is 6.61 Å². The highest BCUT2D eigenvalue weighted by Crippen LogP contribution is 2.31. The van der Waals surface area contributed by atoms with Crippen molar-refractivity contribution in [1.29, 1.82) is 0 Å². The van der Waals surface area contributed by atoms with Crippen LogP contribution >= 0.6 is 11.6 Å². The Morgan fingerprint density at radius 3 is 2.92 bits per heavy atom. The quantitative estimate of drug-likeness (QED) is 0.618. The number of carbonyl (C=O) groups excluding carboxylic acids is 1. The first-order valence-corrected chi connectivity index (χ1v) is 7.10. The molecule has 3 aromatic heterocycles. The Kier molecular flexibility index (Phi) is 4.70. The normalized spacial score (nSPS) is 11.1. The van der Waals surface area contributed by atoms with Gasteiger partial charge >= 0.3 is 0 Å². The molecule has 3 rings (SSSR count). The van der Waals surface area contributed by atoms with Crippen molar-refractivity contribution in [3.05, 3.63) is 41.1 Å². The van der Waals surface area contributed by atoms with Crippen LogP contribution in [0.5, 0.6) is 17.5 Å². The molecule has 0 bridgehead atoms. The lowest BCUT2D eigenvalue weighted by molar-refractivity contribution is 0.0804. The molecular weight excluding hydrogens is 365 g/mol. The van der Waals surface area contributed by atoms with Gasteiger partial charge in [-0.25, -0.2) is 22.7 Å². The maximum atomic E-state index is 13.9. The van der Waals surface area contributed by atoms with Gasteiger partial charge < -0.3 is 9.47 Å². The number of ether oxygens (including phenoxy) is 2. The smallest absolute Gasteiger partial charge is 0.272 e. The molecule has 25 heavy (non-hydrogen) atoms. The van der Waals surface area contributed by atoms with Crippen molar-refractivity contribution in [2.45, 2.75) is 6.43 Å². The first-order valence-electron chi connectivity index (χ1n) is 6.72. The Bertz CT molecular complexity index is 935. The van der Waals surface area contributed by atoms with E-state index in [-0.39, 0.29) is 34.5 Å². The standard InChI is InChI=1S/C14H8ClF3N4O3/c15-7-3-9(24-6-10(16)17)14(19-4-7)25-11-1-2-22-13(20-11)12(18)8(5-23)21-22/h1-5,10H,6H2. The van der Waals surface area contributed by atoms with Crippen LogP contribution in [-0.2, 0) is 0 Å². The zero-order valence-corrected chi connectivity index (χ0v) is 13.0. The number of pyridine rings is 1. The lowest BCUT2D eigenvalue weighted by Crippen LogP contribution is -2.08. The van der Waals surface area contributed by atoms with Crippen LogP contribution in [0.1, 0.15) is 10.5 Å². The maximum Gasteiger partial charge on any atom is 0.272 e. The Morgan fingerprint density at radius 1 is 1.40 bits per heavy atom. The molecule has 7 nitrogen and oxygen atoms in total. The van der Waals surface area contributed by atoms with E-state index in [1.807, 2.05) is 0 Å². The van der Waals surface area contributed by atoms with Gasteiger partial charge in [-0.2, -0.15) is 10.1 Å². The van der Waals surface area contributed by atoms with Crippen molar-refractivity contribution >= 4 is 23.5 Å². The molecule has 130 valence electrons. The number of fused-ring (bicyclic) bond motifs is 1. The molecule has 0 amide bonds. The van der Waals surface area contributed by atoms with Gasteiger partial charge in [0.15, 0.2) is 29.2 Å². The number of carbonyl (C=O) groups is 1. The molecule has 0 unspecified atom stereocenters. The monoisotopic (exact) mass is 372 g/mol. The third-order valence-electron chi connectivity index (χ3n) is 2.89. The van der Waals surface area contributed by atoms with Crippen LogP contribution in [-0.4, -0.2) is 38.9 Å². The summed E-state index contributed by atoms with van der Waals surface area (Å²) in [6.07, 6.45) is 0.0726. The summed E-state index contributed by atoms with van der Waals surface area (Å²) in [5.41, 5.74) is -0.654. The van der Waals surface area contributed by atoms with E-state index < -0.39 is 24.5 Å². The number of aromatic nitrogens is 4. The first-order chi connectivity index (χ1) is 12.0. The predicted molar refractivity (Wildman–Crippen MR) is 79.2 cm³/mol. The van der Waals surface area contributed by atoms with Crippen molar-refractivity contribution in [3.8, 4) is 17.5 Å². The second-order valence-corrected chi connectivity index (χ2v) is 5.05. The molecule has 0 radical (unpaired) electrons. The summed E-state index contributed by atoms with van der Waals surface area (Å²) in [6.45, 7) is -0.884. The van der Waals surface area contributed by atoms with Crippen LogP contribution < -0.4 is 9.47 Å². The van der Waals surface area contributed by atoms with E-state index in [4.69, 9.17) is 21.1 Å². The molecule has 0 saturated carbocycles. The van der Waals surface area contributed by atoms with Gasteiger partial charge in [0.25, 0.3) is 12.3 Å². The highest BCUT2D eigenvalue weighted by Gasteiger charge is 2.16. The number of alkyl halides is 2. The molecule has 0 aliphatic carbocycles. The van der Waals surface area contributed by atoms with Crippen molar-refractivity contribution in [1.82, 2.24) is 19.6 Å². The minimum atomic E-state index is -2.70. The second-order valence-electron chi connectivity index (χ2n) is 4.61. The van der Waals surface area contributed by atoms with Crippen LogP contribution in [0.15, 0.2) is 24.5 Å². The van der Waals surface area contributed by atoms with E-state index >= 15 is 0 Å². The number of halogens is 4. The molecule has 0 N–H and O–H groups in total. The number of hydrogen-bond donors (Lipinski definition) is 0. The summed E-state index contributed by atoms with van der Waals surface area (Å²) in [5.74, 6) is -1.34. The van der Waals surface area contributed by atoms with Crippen molar-refractivity contribution < 1.29 is 27.4 Å². The van der Waals surface area contributed by atoms with Gasteiger partial charge in [0.05, 0.1) is 5.02 Å². The summed E-state index contributed by atoms with van der Waals surface area (Å²) in [4.78, 5) is 18.4. The van der Waals surface area contributed by atoms with E-state index in [9.17, 15) is 18.0 Å². The molecule has 0 aromatic carbocycles. The lowest BCUT2D eigenvalue weighted by Gasteiger charge is -2.11. The molecule has 3 heterocycles. The van der Waals surface area contributed by atoms with Crippen LogP contribution in [0.2, 0.25) is 5.02 Å². The molecule has 0 fully saturated rings. The third-order valence-corrected chi connectivity index (χ3v) is 3.10. The molecule has 0 aliphatic heterocycles. The topological polar surface area (TPSA) is 78.6 Å². The van der Waals surface area contributed by atoms with Gasteiger partial charge in [0, 0.05) is 24.5 Å². The highest BCUT2D eigenvalue weighted by atomic mass is 35.5. The lowest BCUT2D eigenvalue weighted by atomic mass is 10.4. The molecule has 11 heteroatoms. The number of nitrogens with zero attached hydrogens (tertiary/aromatic N) is 4. The van der Waals surface area contributed by atoms with Crippen molar-refractivity contribution in [3.63, 3.8) is 0 Å². The van der Waals surface area contributed by atoms with Gasteiger partial charge in [0.1, 0.15) is 6.61 Å². The summed E-state index contributed by atoms with van der Waals surface area (Å²) >= 11 is 5.76. The molecule has 0 aliphatic rings. The second kappa shape index (κ2) is 6.93. The summed E-state index contributed by atoms with van der Waals surface area (Å²) in [5, 5.41) is 3.82. The van der Waals surface area contributed by atoms with Gasteiger partial charge in [-0.15, -0.1) is 0 Å². The summed E-state index contributed by atoms with van der Waals surface area (Å²) in [6, 6.07) is 2.57. The van der Waals surface area contributed by atoms with Gasteiger partial charge in [-0.05, 0) is 0 Å². The Labute approximate surface area is 143 Å². The largest absolute Gasteiger partial charge is 0.482 e. The predicted octanol–water partition coefficient (Wildman–Crippen LogP) is 3.17. The van der Waals surface area contributed by atoms with E-state index in [1.54, 1.807) is 0 Å². The Morgan fingerprint density at radius 2 is 2.20 bits per heavy atom. The minimum Gasteiger partial charge on any atom is -0.482 e. The maximum absolute atomic E-state index is 13.9. The molecule has 0 atom stereocenters. The molecular formula is C14H8ClF3N4O3. The first kappa shape index (κ1) is 17.0. The van der Waals surface area contributed by atoms with Crippen LogP contribution in [0, 0.1) is 5.82 Å². The number of hydrogen-bond acceptors (Lipinski definition) is 6. The van der Waals surface area contributed by atoms with Gasteiger partial charge in [-0.3, -0.25) is 4.79 Å². The van der Waals surface area contributed by atoms with E-state index in [0.717, 1.165) is 4.52 Å². The average molecular weight is 373 g/mol. The summed E-state index contributed by atoms with van der Waals surface area (Å²) < 4.78 is 49.9. The van der Waals surface area contributed by atoms with Gasteiger partial charge in [-0.1, -0.05) is 11.6 Å². The van der Waals surface area contributed by atoms with Crippen LogP contribution in [0.3, 0.4) is 0 Å². The number of aldehydes is 1. The SMILES string of the molecule is O=Cc1nn2ccc(Oc3ncc(Cl)cc3OCC(F)F)nc2c1F. The number of rotatable bonds is 6. The van der Waals surface area contributed by atoms with Crippen LogP contribution in [0.25, 0.3) is 5.65 Å². The molecule has 3 aromatic rings. The fraction of sp³-hybridized carbons (Fsp3) is 0.143. The van der Waals surface area contributed by atoms with E-state index in [1.165, 1.54) is 24.5 Å². The van der Waals surface area contributed by atoms with E-state index in [2.05, 4.69) is 15.1 Å². The van der Waals surface area contributed by atoms with Gasteiger partial charge in [0.2, 0.25) is 5.88 Å². The highest BCUT2D eigenvalue weighted by molar-refractivity contribution is 6.30. The fourth-order valence-corrected chi connectivity index (χ4v) is 2.02. The zero-order chi connectivity index (χ0) is 18.0. The zero-order valence-electron chi connectivity index (χ0n) is 12.2. The minimum absolute atomic E-state index is 0.111. The van der Waals surface area contributed by atoms with E-state index in [0.29, 0.717) is 0 Å². The average Bonchev–Trinajstić information content (AvgIpc) is 2.91. The Balaban J connectivity index is 1.92. The van der Waals surface area contributed by atoms with Crippen molar-refractivity contribution in [2.24, 2.45) is 0 Å². The molecule has 0 spiro atoms. The fourth-order valence-electron chi connectivity index (χ4n) is 1.87. The molecule has 0 saturated heterocycles. The Hall–Kier alpha value is -2.88.